The van der Waals surface area contributed by atoms with Gasteiger partial charge < -0.3 is 28.6 Å². The van der Waals surface area contributed by atoms with Crippen molar-refractivity contribution in [3.63, 3.8) is 0 Å². The van der Waals surface area contributed by atoms with Gasteiger partial charge in [-0.3, -0.25) is 14.2 Å². The van der Waals surface area contributed by atoms with Crippen LogP contribution in [0.4, 0.5) is 0 Å². The minimum Gasteiger partial charge on any atom is -0.497 e. The van der Waals surface area contributed by atoms with E-state index in [1.807, 2.05) is 13.8 Å². The minimum atomic E-state index is -0.786. The summed E-state index contributed by atoms with van der Waals surface area (Å²) in [4.78, 5) is 35.0. The van der Waals surface area contributed by atoms with Crippen LogP contribution < -0.4 is 38.6 Å². The van der Waals surface area contributed by atoms with Gasteiger partial charge in [0.15, 0.2) is 16.3 Å². The van der Waals surface area contributed by atoms with Gasteiger partial charge in [-0.25, -0.2) is 4.99 Å². The predicted octanol–water partition coefficient (Wildman–Crippen LogP) is 3.15. The van der Waals surface area contributed by atoms with Gasteiger partial charge in [-0.1, -0.05) is 11.3 Å². The fourth-order valence-corrected chi connectivity index (χ4v) is 6.01. The number of fused-ring (bicyclic) bond motifs is 1. The Labute approximate surface area is 242 Å². The lowest BCUT2D eigenvalue weighted by atomic mass is 9.93. The number of thiazole rings is 1. The predicted molar refractivity (Wildman–Crippen MR) is 157 cm³/mol. The molecule has 2 aromatic carbocycles. The molecule has 2 heterocycles. The Morgan fingerprint density at radius 3 is 2.12 bits per heavy atom. The average molecular weight is 582 g/mol. The van der Waals surface area contributed by atoms with Crippen LogP contribution in [0, 0.1) is 0 Å². The molecule has 4 rings (SSSR count). The highest BCUT2D eigenvalue weighted by Crippen LogP contribution is 2.39. The van der Waals surface area contributed by atoms with E-state index in [4.69, 9.17) is 28.7 Å². The number of rotatable bonds is 10. The van der Waals surface area contributed by atoms with Crippen LogP contribution in [0.5, 0.6) is 28.7 Å². The van der Waals surface area contributed by atoms with Crippen LogP contribution >= 0.6 is 11.3 Å². The molecule has 1 aromatic heterocycles. The van der Waals surface area contributed by atoms with Gasteiger partial charge in [-0.2, -0.15) is 0 Å². The number of hydrogen-bond acceptors (Lipinski definition) is 9. The van der Waals surface area contributed by atoms with Crippen LogP contribution in [0.1, 0.15) is 37.9 Å². The van der Waals surface area contributed by atoms with Gasteiger partial charge in [0.2, 0.25) is 5.75 Å². The van der Waals surface area contributed by atoms with Gasteiger partial charge >= 0.3 is 0 Å². The summed E-state index contributed by atoms with van der Waals surface area (Å²) in [5.74, 6) is 2.29. The van der Waals surface area contributed by atoms with Crippen molar-refractivity contribution >= 4 is 23.3 Å². The molecule has 0 saturated carbocycles. The quantitative estimate of drug-likeness (QED) is 0.363. The maximum Gasteiger partial charge on any atom is 0.271 e. The zero-order valence-corrected chi connectivity index (χ0v) is 25.4. The largest absolute Gasteiger partial charge is 0.497 e. The van der Waals surface area contributed by atoms with Crippen LogP contribution in [-0.4, -0.2) is 64.0 Å². The number of nitrogens with zero attached hydrogens (tertiary/aromatic N) is 3. The molecule has 0 aliphatic carbocycles. The van der Waals surface area contributed by atoms with E-state index in [9.17, 15) is 9.59 Å². The summed E-state index contributed by atoms with van der Waals surface area (Å²) in [5.41, 5.74) is 1.95. The first kappa shape index (κ1) is 29.7. The second-order valence-corrected chi connectivity index (χ2v) is 10.1. The molecule has 1 atom stereocenters. The maximum atomic E-state index is 14.1. The van der Waals surface area contributed by atoms with E-state index >= 15 is 0 Å². The molecule has 3 aromatic rings. The standard InChI is InChI=1S/C30H35N3O7S/c1-9-32(10-2)29(35)25-17(3)31-30-33(26(25)20-16-19(36-4)11-12-21(20)37-5)28(34)24(41-30)15-18-13-22(38-6)27(40-8)23(14-18)39-7/h11-16,26H,9-10H2,1-8H3/b24-15-/t26-/m0/s1. The molecule has 0 radical (unpaired) electrons. The first-order valence-electron chi connectivity index (χ1n) is 13.1. The number of aromatic nitrogens is 1. The van der Waals surface area contributed by atoms with Gasteiger partial charge in [-0.05, 0) is 62.7 Å². The van der Waals surface area contributed by atoms with E-state index in [-0.39, 0.29) is 11.5 Å². The van der Waals surface area contributed by atoms with Crippen molar-refractivity contribution in [2.75, 3.05) is 48.6 Å². The third-order valence-corrected chi connectivity index (χ3v) is 8.00. The smallest absolute Gasteiger partial charge is 0.271 e. The van der Waals surface area contributed by atoms with Crippen molar-refractivity contribution in [2.24, 2.45) is 4.99 Å². The van der Waals surface area contributed by atoms with Crippen molar-refractivity contribution in [1.29, 1.82) is 0 Å². The summed E-state index contributed by atoms with van der Waals surface area (Å²) in [5, 5.41) is 0. The summed E-state index contributed by atoms with van der Waals surface area (Å²) in [7, 11) is 7.73. The third kappa shape index (κ3) is 5.41. The molecule has 41 heavy (non-hydrogen) atoms. The van der Waals surface area contributed by atoms with Gasteiger partial charge in [0.25, 0.3) is 11.5 Å². The Morgan fingerprint density at radius 1 is 0.951 bits per heavy atom. The highest BCUT2D eigenvalue weighted by atomic mass is 32.1. The van der Waals surface area contributed by atoms with Crippen molar-refractivity contribution in [3.8, 4) is 28.7 Å². The first-order valence-corrected chi connectivity index (χ1v) is 13.9. The number of methoxy groups -OCH3 is 5. The summed E-state index contributed by atoms with van der Waals surface area (Å²) in [6.07, 6.45) is 1.75. The number of ether oxygens (including phenoxy) is 5. The summed E-state index contributed by atoms with van der Waals surface area (Å²) in [6.45, 7) is 6.67. The topological polar surface area (TPSA) is 101 Å². The van der Waals surface area contributed by atoms with E-state index in [1.165, 1.54) is 32.7 Å². The average Bonchev–Trinajstić information content (AvgIpc) is 3.29. The number of benzene rings is 2. The fourth-order valence-electron chi connectivity index (χ4n) is 4.96. The first-order chi connectivity index (χ1) is 19.8. The lowest BCUT2D eigenvalue weighted by Gasteiger charge is -2.30. The van der Waals surface area contributed by atoms with Crippen LogP contribution in [0.3, 0.4) is 0 Å². The minimum absolute atomic E-state index is 0.190. The number of likely N-dealkylation sites (N-methyl/N-ethyl adjacent to an activating group) is 1. The molecule has 218 valence electrons. The summed E-state index contributed by atoms with van der Waals surface area (Å²) >= 11 is 1.24. The number of carbonyl (C=O) groups excluding carboxylic acids is 1. The van der Waals surface area contributed by atoms with E-state index in [2.05, 4.69) is 0 Å². The molecule has 0 N–H and O–H groups in total. The van der Waals surface area contributed by atoms with Gasteiger partial charge in [0.1, 0.15) is 17.5 Å². The van der Waals surface area contributed by atoms with Gasteiger partial charge in [-0.15, -0.1) is 0 Å². The molecule has 11 heteroatoms. The Bertz CT molecular complexity index is 1640. The van der Waals surface area contributed by atoms with Crippen LogP contribution in [0.15, 0.2) is 51.4 Å². The number of allylic oxidation sites excluding steroid dienone is 1. The Hall–Kier alpha value is -4.25. The molecule has 0 unspecified atom stereocenters. The molecule has 0 spiro atoms. The number of hydrogen-bond donors (Lipinski definition) is 0. The third-order valence-electron chi connectivity index (χ3n) is 7.02. The molecule has 1 aliphatic rings. The summed E-state index contributed by atoms with van der Waals surface area (Å²) in [6, 6.07) is 8.10. The zero-order valence-electron chi connectivity index (χ0n) is 24.6. The van der Waals surface area contributed by atoms with E-state index in [0.29, 0.717) is 73.6 Å². The van der Waals surface area contributed by atoms with Crippen LogP contribution in [0.25, 0.3) is 6.08 Å². The van der Waals surface area contributed by atoms with Gasteiger partial charge in [0.05, 0.1) is 51.4 Å². The van der Waals surface area contributed by atoms with Crippen LogP contribution in [-0.2, 0) is 4.79 Å². The van der Waals surface area contributed by atoms with E-state index in [0.717, 1.165) is 0 Å². The normalized spacial score (nSPS) is 14.7. The maximum absolute atomic E-state index is 14.1. The van der Waals surface area contributed by atoms with Crippen molar-refractivity contribution < 1.29 is 28.5 Å². The van der Waals surface area contributed by atoms with Crippen molar-refractivity contribution in [1.82, 2.24) is 9.47 Å². The Balaban J connectivity index is 2.02. The molecule has 10 nitrogen and oxygen atoms in total. The Kier molecular flexibility index (Phi) is 9.07. The number of amides is 1. The molecule has 1 aliphatic heterocycles. The van der Waals surface area contributed by atoms with Crippen molar-refractivity contribution in [2.45, 2.75) is 26.8 Å². The molecular weight excluding hydrogens is 546 g/mol. The van der Waals surface area contributed by atoms with Crippen LogP contribution in [0.2, 0.25) is 0 Å². The number of carbonyl (C=O) groups is 1. The highest BCUT2D eigenvalue weighted by molar-refractivity contribution is 7.07. The molecule has 0 saturated heterocycles. The molecule has 0 bridgehead atoms. The lowest BCUT2D eigenvalue weighted by molar-refractivity contribution is -0.127. The summed E-state index contributed by atoms with van der Waals surface area (Å²) < 4.78 is 29.6. The Morgan fingerprint density at radius 2 is 1.59 bits per heavy atom. The molecule has 0 fully saturated rings. The second kappa shape index (κ2) is 12.5. The monoisotopic (exact) mass is 581 g/mol. The SMILES string of the molecule is CCN(CC)C(=O)C1=C(C)N=c2s/c(=C\c3cc(OC)c(OC)c(OC)c3)c(=O)n2[C@H]1c1cc(OC)ccc1OC. The fraction of sp³-hybridized carbons (Fsp3) is 0.367. The molecule has 1 amide bonds. The zero-order chi connectivity index (χ0) is 29.8. The van der Waals surface area contributed by atoms with Gasteiger partial charge in [0, 0.05) is 18.7 Å². The van der Waals surface area contributed by atoms with E-state index < -0.39 is 6.04 Å². The highest BCUT2D eigenvalue weighted by Gasteiger charge is 2.36. The second-order valence-electron chi connectivity index (χ2n) is 9.13. The lowest BCUT2D eigenvalue weighted by Crippen LogP contribution is -2.43. The van der Waals surface area contributed by atoms with Crippen molar-refractivity contribution in [3.05, 3.63) is 72.4 Å². The molecular formula is C30H35N3O7S. The van der Waals surface area contributed by atoms with E-state index in [1.54, 1.807) is 67.0 Å².